The summed E-state index contributed by atoms with van der Waals surface area (Å²) >= 11 is 0. The number of hydrogen-bond acceptors (Lipinski definition) is 4. The van der Waals surface area contributed by atoms with Gasteiger partial charge in [0.05, 0.1) is 27.9 Å². The highest BCUT2D eigenvalue weighted by atomic mass is 19.1. The van der Waals surface area contributed by atoms with Gasteiger partial charge in [-0.05, 0) is 68.0 Å². The molecule has 3 aliphatic rings. The number of nitrogens with two attached hydrogens (primary N) is 1. The number of imidazole rings is 1. The maximum Gasteiger partial charge on any atom is 0.254 e. The summed E-state index contributed by atoms with van der Waals surface area (Å²) in [6, 6.07) is 11.0. The lowest BCUT2D eigenvalue weighted by atomic mass is 10.0. The lowest BCUT2D eigenvalue weighted by molar-refractivity contribution is 0.0709. The topological polar surface area (TPSA) is 81.1 Å². The van der Waals surface area contributed by atoms with Gasteiger partial charge in [-0.2, -0.15) is 0 Å². The standard InChI is InChI=1S/C27H29FN6O/c28-19-6-5-17-12-24(34(23(17)13-19)14-16-3-4-16)26-31-22-11-18(10-21-25(22)33(26)9-7-30-21)27(35)32-8-1-2-20(29)15-32/h5-6,10-13,16,20,30H,1-4,7-9,14-15,29H2. The largest absolute Gasteiger partial charge is 0.381 e. The van der Waals surface area contributed by atoms with Gasteiger partial charge < -0.3 is 25.1 Å². The second-order valence-corrected chi connectivity index (χ2v) is 10.3. The smallest absolute Gasteiger partial charge is 0.254 e. The summed E-state index contributed by atoms with van der Waals surface area (Å²) in [7, 11) is 0. The highest BCUT2D eigenvalue weighted by Crippen LogP contribution is 2.39. The molecule has 4 heterocycles. The number of halogens is 1. The average molecular weight is 473 g/mol. The maximum atomic E-state index is 14.2. The number of aromatic nitrogens is 3. The number of benzene rings is 2. The minimum Gasteiger partial charge on any atom is -0.381 e. The van der Waals surface area contributed by atoms with E-state index in [1.54, 1.807) is 6.07 Å². The first kappa shape index (κ1) is 20.9. The van der Waals surface area contributed by atoms with Crippen molar-refractivity contribution in [3.8, 4) is 11.5 Å². The SMILES string of the molecule is NC1CCCN(C(=O)c2cc3c4c(c2)nc(-c2cc5ccc(F)cc5n2CC2CC2)n4CCN3)C1. The molecular weight excluding hydrogens is 443 g/mol. The molecule has 1 aliphatic carbocycles. The zero-order valence-electron chi connectivity index (χ0n) is 19.6. The van der Waals surface area contributed by atoms with Crippen LogP contribution in [0.5, 0.6) is 0 Å². The van der Waals surface area contributed by atoms with Crippen LogP contribution >= 0.6 is 0 Å². The van der Waals surface area contributed by atoms with Gasteiger partial charge in [-0.1, -0.05) is 0 Å². The molecular formula is C27H29FN6O. The fraction of sp³-hybridized carbons (Fsp3) is 0.407. The molecule has 0 bridgehead atoms. The normalized spacial score (nSPS) is 19.9. The van der Waals surface area contributed by atoms with Crippen molar-refractivity contribution in [1.29, 1.82) is 0 Å². The van der Waals surface area contributed by atoms with E-state index < -0.39 is 0 Å². The number of likely N-dealkylation sites (tertiary alicyclic amines) is 1. The lowest BCUT2D eigenvalue weighted by Crippen LogP contribution is -2.45. The summed E-state index contributed by atoms with van der Waals surface area (Å²) in [4.78, 5) is 20.3. The summed E-state index contributed by atoms with van der Waals surface area (Å²) in [5.74, 6) is 1.31. The molecule has 2 fully saturated rings. The molecule has 2 aliphatic heterocycles. The molecule has 2 aromatic heterocycles. The predicted molar refractivity (Wildman–Crippen MR) is 135 cm³/mol. The van der Waals surface area contributed by atoms with Crippen LogP contribution in [0.15, 0.2) is 36.4 Å². The summed E-state index contributed by atoms with van der Waals surface area (Å²) in [6.07, 6.45) is 4.32. The Hall–Kier alpha value is -3.39. The van der Waals surface area contributed by atoms with Crippen LogP contribution in [-0.4, -0.2) is 50.6 Å². The predicted octanol–water partition coefficient (Wildman–Crippen LogP) is 4.20. The molecule has 7 rings (SSSR count). The van der Waals surface area contributed by atoms with Gasteiger partial charge in [-0.15, -0.1) is 0 Å². The van der Waals surface area contributed by atoms with Gasteiger partial charge in [0.1, 0.15) is 5.82 Å². The van der Waals surface area contributed by atoms with Gasteiger partial charge >= 0.3 is 0 Å². The fourth-order valence-electron chi connectivity index (χ4n) is 5.79. The Morgan fingerprint density at radius 2 is 2.03 bits per heavy atom. The van der Waals surface area contributed by atoms with Crippen LogP contribution in [-0.2, 0) is 13.1 Å². The van der Waals surface area contributed by atoms with E-state index in [0.29, 0.717) is 18.0 Å². The molecule has 7 nitrogen and oxygen atoms in total. The second kappa shape index (κ2) is 7.81. The number of rotatable bonds is 4. The minimum absolute atomic E-state index is 0.0140. The molecule has 0 radical (unpaired) electrons. The van der Waals surface area contributed by atoms with Crippen LogP contribution in [0.4, 0.5) is 10.1 Å². The summed E-state index contributed by atoms with van der Waals surface area (Å²) in [6.45, 7) is 3.75. The molecule has 1 unspecified atom stereocenters. The Morgan fingerprint density at radius 3 is 2.86 bits per heavy atom. The van der Waals surface area contributed by atoms with Crippen molar-refractivity contribution in [3.05, 3.63) is 47.8 Å². The zero-order chi connectivity index (χ0) is 23.7. The molecule has 3 N–H and O–H groups in total. The first-order chi connectivity index (χ1) is 17.0. The molecule has 1 saturated carbocycles. The van der Waals surface area contributed by atoms with Gasteiger partial charge in [0.2, 0.25) is 0 Å². The Kier molecular flexibility index (Phi) is 4.67. The van der Waals surface area contributed by atoms with Crippen LogP contribution < -0.4 is 11.1 Å². The zero-order valence-corrected chi connectivity index (χ0v) is 19.6. The molecule has 4 aromatic rings. The quantitative estimate of drug-likeness (QED) is 0.467. The number of amides is 1. The third kappa shape index (κ3) is 3.50. The second-order valence-electron chi connectivity index (χ2n) is 10.3. The Morgan fingerprint density at radius 1 is 1.14 bits per heavy atom. The molecule has 2 aromatic carbocycles. The Balaban J connectivity index is 1.37. The number of carbonyl (C=O) groups is 1. The van der Waals surface area contributed by atoms with Gasteiger partial charge in [-0.3, -0.25) is 4.79 Å². The molecule has 0 spiro atoms. The van der Waals surface area contributed by atoms with E-state index >= 15 is 0 Å². The summed E-state index contributed by atoms with van der Waals surface area (Å²) < 4.78 is 18.7. The Bertz CT molecular complexity index is 1480. The van der Waals surface area contributed by atoms with Gasteiger partial charge in [0.25, 0.3) is 5.91 Å². The minimum atomic E-state index is -0.221. The van der Waals surface area contributed by atoms with Crippen molar-refractivity contribution in [2.24, 2.45) is 11.7 Å². The van der Waals surface area contributed by atoms with E-state index in [2.05, 4.69) is 20.5 Å². The number of anilines is 1. The third-order valence-electron chi connectivity index (χ3n) is 7.72. The average Bonchev–Trinajstić information content (AvgIpc) is 3.52. The first-order valence-corrected chi connectivity index (χ1v) is 12.7. The summed E-state index contributed by atoms with van der Waals surface area (Å²) in [5, 5.41) is 4.50. The van der Waals surface area contributed by atoms with Crippen molar-refractivity contribution in [2.45, 2.75) is 44.8 Å². The number of carbonyl (C=O) groups excluding carboxylic acids is 1. The first-order valence-electron chi connectivity index (χ1n) is 12.7. The van der Waals surface area contributed by atoms with Gasteiger partial charge in [0.15, 0.2) is 5.82 Å². The van der Waals surface area contributed by atoms with E-state index in [9.17, 15) is 9.18 Å². The third-order valence-corrected chi connectivity index (χ3v) is 7.72. The molecule has 1 amide bonds. The van der Waals surface area contributed by atoms with Crippen molar-refractivity contribution in [2.75, 3.05) is 25.0 Å². The highest BCUT2D eigenvalue weighted by molar-refractivity contribution is 6.03. The maximum absolute atomic E-state index is 14.2. The van der Waals surface area contributed by atoms with E-state index in [1.807, 2.05) is 23.1 Å². The molecule has 1 saturated heterocycles. The number of hydrogen-bond donors (Lipinski definition) is 2. The lowest BCUT2D eigenvalue weighted by Gasteiger charge is -2.31. The van der Waals surface area contributed by atoms with Crippen LogP contribution in [0, 0.1) is 11.7 Å². The molecule has 35 heavy (non-hydrogen) atoms. The van der Waals surface area contributed by atoms with Crippen LogP contribution in [0.2, 0.25) is 0 Å². The molecule has 1 atom stereocenters. The van der Waals surface area contributed by atoms with Crippen LogP contribution in [0.3, 0.4) is 0 Å². The number of fused-ring (bicyclic) bond motifs is 1. The van der Waals surface area contributed by atoms with E-state index in [-0.39, 0.29) is 17.8 Å². The number of nitrogens with one attached hydrogen (secondary N) is 1. The molecule has 8 heteroatoms. The van der Waals surface area contributed by atoms with Crippen molar-refractivity contribution < 1.29 is 9.18 Å². The number of nitrogens with zero attached hydrogens (tertiary/aromatic N) is 4. The Labute approximate surface area is 202 Å². The van der Waals surface area contributed by atoms with Crippen LogP contribution in [0.25, 0.3) is 33.5 Å². The van der Waals surface area contributed by atoms with Crippen molar-refractivity contribution >= 4 is 33.5 Å². The van der Waals surface area contributed by atoms with Crippen molar-refractivity contribution in [3.63, 3.8) is 0 Å². The van der Waals surface area contributed by atoms with E-state index in [4.69, 9.17) is 10.7 Å². The molecule has 180 valence electrons. The summed E-state index contributed by atoms with van der Waals surface area (Å²) in [5.41, 5.74) is 11.5. The fourth-order valence-corrected chi connectivity index (χ4v) is 5.79. The van der Waals surface area contributed by atoms with Gasteiger partial charge in [-0.25, -0.2) is 9.37 Å². The monoisotopic (exact) mass is 472 g/mol. The number of piperidine rings is 1. The van der Waals surface area contributed by atoms with Crippen molar-refractivity contribution in [1.82, 2.24) is 19.0 Å². The van der Waals surface area contributed by atoms with E-state index in [0.717, 1.165) is 78.2 Å². The highest BCUT2D eigenvalue weighted by Gasteiger charge is 2.29. The van der Waals surface area contributed by atoms with Gasteiger partial charge in [0, 0.05) is 49.7 Å². The van der Waals surface area contributed by atoms with Crippen LogP contribution in [0.1, 0.15) is 36.0 Å². The van der Waals surface area contributed by atoms with E-state index in [1.165, 1.54) is 18.9 Å².